The van der Waals surface area contributed by atoms with Crippen LogP contribution in [0.25, 0.3) is 0 Å². The number of carbonyl (C=O) groups is 1. The van der Waals surface area contributed by atoms with Gasteiger partial charge in [0.2, 0.25) is 0 Å². The number of carbonyl (C=O) groups excluding carboxylic acids is 1. The minimum Gasteiger partial charge on any atom is -0.352 e. The molecule has 0 bridgehead atoms. The van der Waals surface area contributed by atoms with Crippen LogP contribution in [0.4, 0.5) is 0 Å². The predicted molar refractivity (Wildman–Crippen MR) is 106 cm³/mol. The largest absolute Gasteiger partial charge is 0.352 e. The molecule has 2 aliphatic rings. The van der Waals surface area contributed by atoms with Crippen molar-refractivity contribution >= 4 is 35.3 Å². The number of Topliss-reactive ketones (excluding diaryl/α,β-unsaturated/α-hetero) is 1. The van der Waals surface area contributed by atoms with Crippen molar-refractivity contribution in [1.82, 2.24) is 4.90 Å². The Bertz CT molecular complexity index is 843. The van der Waals surface area contributed by atoms with Crippen LogP contribution in [0.1, 0.15) is 36.9 Å². The van der Waals surface area contributed by atoms with E-state index in [2.05, 4.69) is 4.90 Å². The molecule has 0 N–H and O–H groups in total. The molecule has 0 saturated heterocycles. The summed E-state index contributed by atoms with van der Waals surface area (Å²) in [5.41, 5.74) is 0.939. The van der Waals surface area contributed by atoms with Crippen LogP contribution in [0.5, 0.6) is 0 Å². The van der Waals surface area contributed by atoms with Crippen LogP contribution >= 0.6 is 23.2 Å². The van der Waals surface area contributed by atoms with Gasteiger partial charge < -0.3 is 4.90 Å². The van der Waals surface area contributed by atoms with Crippen molar-refractivity contribution in [2.75, 3.05) is 6.54 Å². The maximum absolute atomic E-state index is 13.0. The fourth-order valence-electron chi connectivity index (χ4n) is 3.79. The lowest BCUT2D eigenvalue weighted by Crippen LogP contribution is -2.42. The first-order chi connectivity index (χ1) is 12.5. The molecule has 0 aromatic heterocycles. The average Bonchev–Trinajstić information content (AvgIpc) is 3.35. The Labute approximate surface area is 163 Å². The lowest BCUT2D eigenvalue weighted by Gasteiger charge is -2.36. The number of ketones is 1. The number of benzene rings is 2. The zero-order chi connectivity index (χ0) is 18.3. The number of halogens is 2. The molecule has 0 amide bonds. The highest BCUT2D eigenvalue weighted by Crippen LogP contribution is 2.48. The highest BCUT2D eigenvalue weighted by Gasteiger charge is 2.51. The van der Waals surface area contributed by atoms with Gasteiger partial charge in [0.05, 0.1) is 12.4 Å². The van der Waals surface area contributed by atoms with Gasteiger partial charge >= 0.3 is 0 Å². The molecular formula is C21H20Cl2N2O. The van der Waals surface area contributed by atoms with Crippen LogP contribution in [-0.2, 0) is 10.3 Å². The number of aliphatic imine (C=N–C) groups is 1. The van der Waals surface area contributed by atoms with Crippen molar-refractivity contribution < 1.29 is 4.79 Å². The van der Waals surface area contributed by atoms with Gasteiger partial charge in [-0.05, 0) is 61.1 Å². The Morgan fingerprint density at radius 3 is 2.19 bits per heavy atom. The van der Waals surface area contributed by atoms with E-state index in [0.29, 0.717) is 16.0 Å². The second-order valence-electron chi connectivity index (χ2n) is 7.17. The smallest absolute Gasteiger partial charge is 0.169 e. The molecule has 1 saturated carbocycles. The lowest BCUT2D eigenvalue weighted by atomic mass is 9.77. The molecule has 1 heterocycles. The molecule has 2 aromatic carbocycles. The Balaban J connectivity index is 1.84. The van der Waals surface area contributed by atoms with Crippen molar-refractivity contribution in [2.24, 2.45) is 10.9 Å². The third-order valence-electron chi connectivity index (χ3n) is 5.31. The molecule has 3 nitrogen and oxygen atoms in total. The van der Waals surface area contributed by atoms with Gasteiger partial charge in [-0.3, -0.25) is 9.79 Å². The zero-order valence-electron chi connectivity index (χ0n) is 14.5. The first kappa shape index (κ1) is 17.6. The van der Waals surface area contributed by atoms with Crippen molar-refractivity contribution in [3.8, 4) is 0 Å². The maximum Gasteiger partial charge on any atom is 0.169 e. The molecule has 4 rings (SSSR count). The number of hydrogen-bond donors (Lipinski definition) is 0. The molecule has 0 spiro atoms. The van der Waals surface area contributed by atoms with Crippen molar-refractivity contribution in [3.63, 3.8) is 0 Å². The molecule has 0 radical (unpaired) electrons. The van der Waals surface area contributed by atoms with E-state index in [-0.39, 0.29) is 11.8 Å². The lowest BCUT2D eigenvalue weighted by molar-refractivity contribution is -0.123. The fourth-order valence-corrected chi connectivity index (χ4v) is 4.05. The van der Waals surface area contributed by atoms with Gasteiger partial charge in [0, 0.05) is 16.6 Å². The maximum atomic E-state index is 13.0. The van der Waals surface area contributed by atoms with Crippen LogP contribution in [0, 0.1) is 5.92 Å². The van der Waals surface area contributed by atoms with Gasteiger partial charge in [-0.15, -0.1) is 0 Å². The SMILES string of the molecule is CC(=O)C1(c2ccc(Cl)cc2)N=CN(CC2CC2)C1c1ccc(Cl)cc1. The van der Waals surface area contributed by atoms with E-state index in [1.165, 1.54) is 12.8 Å². The molecule has 1 aliphatic carbocycles. The summed E-state index contributed by atoms with van der Waals surface area (Å²) in [7, 11) is 0. The summed E-state index contributed by atoms with van der Waals surface area (Å²) in [6.07, 6.45) is 4.34. The Kier molecular flexibility index (Phi) is 4.54. The molecule has 5 heteroatoms. The van der Waals surface area contributed by atoms with Gasteiger partial charge in [0.15, 0.2) is 11.3 Å². The first-order valence-electron chi connectivity index (χ1n) is 8.84. The van der Waals surface area contributed by atoms with Crippen molar-refractivity contribution in [1.29, 1.82) is 0 Å². The second-order valence-corrected chi connectivity index (χ2v) is 8.04. The topological polar surface area (TPSA) is 32.7 Å². The molecule has 1 fully saturated rings. The highest BCUT2D eigenvalue weighted by atomic mass is 35.5. The number of rotatable bonds is 5. The number of nitrogens with zero attached hydrogens (tertiary/aromatic N) is 2. The molecule has 26 heavy (non-hydrogen) atoms. The molecule has 134 valence electrons. The monoisotopic (exact) mass is 386 g/mol. The third kappa shape index (κ3) is 3.04. The van der Waals surface area contributed by atoms with Crippen LogP contribution < -0.4 is 0 Å². The molecule has 2 aromatic rings. The van der Waals surface area contributed by atoms with Gasteiger partial charge in [0.1, 0.15) is 0 Å². The second kappa shape index (κ2) is 6.71. The van der Waals surface area contributed by atoms with E-state index < -0.39 is 5.54 Å². The van der Waals surface area contributed by atoms with E-state index >= 15 is 0 Å². The van der Waals surface area contributed by atoms with Gasteiger partial charge in [-0.2, -0.15) is 0 Å². The first-order valence-corrected chi connectivity index (χ1v) is 9.60. The Morgan fingerprint density at radius 1 is 1.08 bits per heavy atom. The van der Waals surface area contributed by atoms with E-state index in [4.69, 9.17) is 28.2 Å². The summed E-state index contributed by atoms with van der Waals surface area (Å²) in [5.74, 6) is 0.707. The van der Waals surface area contributed by atoms with Crippen LogP contribution in [-0.4, -0.2) is 23.6 Å². The average molecular weight is 387 g/mol. The standard InChI is InChI=1S/C21H20Cl2N2O/c1-14(26)21(17-6-10-19(23)11-7-17)20(16-4-8-18(22)9-5-16)25(13-24-21)12-15-2-3-15/h4-11,13,15,20H,2-3,12H2,1H3. The zero-order valence-corrected chi connectivity index (χ0v) is 16.0. The summed E-state index contributed by atoms with van der Waals surface area (Å²) in [6.45, 7) is 2.54. The van der Waals surface area contributed by atoms with Crippen molar-refractivity contribution in [2.45, 2.75) is 31.3 Å². The highest BCUT2D eigenvalue weighted by molar-refractivity contribution is 6.30. The van der Waals surface area contributed by atoms with Crippen LogP contribution in [0.2, 0.25) is 10.0 Å². The summed E-state index contributed by atoms with van der Waals surface area (Å²) in [4.78, 5) is 20.0. The van der Waals surface area contributed by atoms with Crippen LogP contribution in [0.3, 0.4) is 0 Å². The van der Waals surface area contributed by atoms with Gasteiger partial charge in [0.25, 0.3) is 0 Å². The van der Waals surface area contributed by atoms with E-state index in [1.807, 2.05) is 54.9 Å². The normalized spacial score (nSPS) is 24.9. The van der Waals surface area contributed by atoms with Crippen LogP contribution in [0.15, 0.2) is 53.5 Å². The quantitative estimate of drug-likeness (QED) is 0.700. The Hall–Kier alpha value is -1.84. The van der Waals surface area contributed by atoms with Crippen molar-refractivity contribution in [3.05, 3.63) is 69.7 Å². The predicted octanol–water partition coefficient (Wildman–Crippen LogP) is 5.27. The van der Waals surface area contributed by atoms with Gasteiger partial charge in [-0.1, -0.05) is 47.5 Å². The molecule has 2 unspecified atom stereocenters. The minimum atomic E-state index is -0.965. The molecular weight excluding hydrogens is 367 g/mol. The summed E-state index contributed by atoms with van der Waals surface area (Å²) < 4.78 is 0. The minimum absolute atomic E-state index is 0.0225. The molecule has 1 aliphatic heterocycles. The fraction of sp³-hybridized carbons (Fsp3) is 0.333. The Morgan fingerprint density at radius 2 is 1.65 bits per heavy atom. The molecule has 2 atom stereocenters. The summed E-state index contributed by atoms with van der Waals surface area (Å²) >= 11 is 12.2. The summed E-state index contributed by atoms with van der Waals surface area (Å²) in [6, 6.07) is 15.0. The van der Waals surface area contributed by atoms with E-state index in [0.717, 1.165) is 17.7 Å². The van der Waals surface area contributed by atoms with E-state index in [9.17, 15) is 4.79 Å². The number of hydrogen-bond acceptors (Lipinski definition) is 3. The van der Waals surface area contributed by atoms with Gasteiger partial charge in [-0.25, -0.2) is 0 Å². The summed E-state index contributed by atoms with van der Waals surface area (Å²) in [5, 5.41) is 1.33. The third-order valence-corrected chi connectivity index (χ3v) is 5.81. The van der Waals surface area contributed by atoms with E-state index in [1.54, 1.807) is 6.92 Å².